The molecule has 1 unspecified atom stereocenters. The van der Waals surface area contributed by atoms with Crippen molar-refractivity contribution >= 4 is 27.6 Å². The normalized spacial score (nSPS) is 15.8. The van der Waals surface area contributed by atoms with Crippen LogP contribution in [-0.2, 0) is 6.42 Å². The Hall–Kier alpha value is -2.44. The first kappa shape index (κ1) is 17.9. The molecule has 5 nitrogen and oxygen atoms in total. The summed E-state index contributed by atoms with van der Waals surface area (Å²) in [5.74, 6) is 1.47. The summed E-state index contributed by atoms with van der Waals surface area (Å²) in [5, 5.41) is 17.2. The van der Waals surface area contributed by atoms with Gasteiger partial charge in [-0.1, -0.05) is 57.9 Å². The van der Waals surface area contributed by atoms with Gasteiger partial charge in [-0.05, 0) is 42.7 Å². The second-order valence-corrected chi connectivity index (χ2v) is 7.61. The Morgan fingerprint density at radius 1 is 1.19 bits per heavy atom. The Morgan fingerprint density at radius 2 is 2.00 bits per heavy atom. The smallest absolute Gasteiger partial charge is 0.226 e. The van der Waals surface area contributed by atoms with E-state index in [1.54, 1.807) is 0 Å². The SMILES string of the molecule is Cc1ccc(C2=CC(c3cccc(Br)c3)n3nc(CCCO)nc3N2)cc1. The number of aryl methyl sites for hydroxylation is 2. The van der Waals surface area contributed by atoms with E-state index in [-0.39, 0.29) is 12.6 Å². The third-order valence-corrected chi connectivity index (χ3v) is 5.11. The van der Waals surface area contributed by atoms with Crippen LogP contribution in [0.3, 0.4) is 0 Å². The van der Waals surface area contributed by atoms with Gasteiger partial charge >= 0.3 is 0 Å². The molecule has 4 rings (SSSR count). The Kier molecular flexibility index (Phi) is 5.09. The van der Waals surface area contributed by atoms with Crippen LogP contribution in [0.5, 0.6) is 0 Å². The molecule has 2 heterocycles. The lowest BCUT2D eigenvalue weighted by Crippen LogP contribution is -2.20. The number of nitrogens with zero attached hydrogens (tertiary/aromatic N) is 3. The molecule has 0 fully saturated rings. The Morgan fingerprint density at radius 3 is 2.74 bits per heavy atom. The number of aromatic nitrogens is 3. The highest BCUT2D eigenvalue weighted by atomic mass is 79.9. The van der Waals surface area contributed by atoms with E-state index in [9.17, 15) is 0 Å². The average molecular weight is 425 g/mol. The van der Waals surface area contributed by atoms with Gasteiger partial charge in [0.2, 0.25) is 5.95 Å². The standard InChI is InChI=1S/C21H21BrN4O/c1-14-7-9-15(10-8-14)18-13-19(16-4-2-5-17(22)12-16)26-21(23-18)24-20(25-26)6-3-11-27/h2,4-5,7-10,12-13,19,27H,3,6,11H2,1H3,(H,23,24,25). The molecular weight excluding hydrogens is 404 g/mol. The number of aliphatic hydroxyl groups is 1. The monoisotopic (exact) mass is 424 g/mol. The molecule has 2 aromatic carbocycles. The molecule has 27 heavy (non-hydrogen) atoms. The Labute approximate surface area is 166 Å². The molecule has 1 aliphatic rings. The molecule has 6 heteroatoms. The van der Waals surface area contributed by atoms with Gasteiger partial charge in [-0.2, -0.15) is 10.1 Å². The predicted molar refractivity (Wildman–Crippen MR) is 110 cm³/mol. The zero-order valence-corrected chi connectivity index (χ0v) is 16.6. The van der Waals surface area contributed by atoms with Crippen molar-refractivity contribution in [2.75, 3.05) is 11.9 Å². The van der Waals surface area contributed by atoms with Crippen molar-refractivity contribution in [3.63, 3.8) is 0 Å². The number of hydrogen-bond acceptors (Lipinski definition) is 4. The minimum absolute atomic E-state index is 0.0505. The summed E-state index contributed by atoms with van der Waals surface area (Å²) in [7, 11) is 0. The highest BCUT2D eigenvalue weighted by Crippen LogP contribution is 2.33. The fourth-order valence-corrected chi connectivity index (χ4v) is 3.63. The van der Waals surface area contributed by atoms with Crippen molar-refractivity contribution in [1.82, 2.24) is 14.8 Å². The third kappa shape index (κ3) is 3.82. The van der Waals surface area contributed by atoms with Gasteiger partial charge in [0.25, 0.3) is 0 Å². The molecule has 0 radical (unpaired) electrons. The molecule has 0 saturated heterocycles. The van der Waals surface area contributed by atoms with E-state index in [2.05, 4.69) is 75.6 Å². The van der Waals surface area contributed by atoms with Crippen LogP contribution in [0.2, 0.25) is 0 Å². The highest BCUT2D eigenvalue weighted by Gasteiger charge is 2.25. The summed E-state index contributed by atoms with van der Waals surface area (Å²) in [5.41, 5.74) is 4.50. The summed E-state index contributed by atoms with van der Waals surface area (Å²) in [6.45, 7) is 2.22. The van der Waals surface area contributed by atoms with Crippen molar-refractivity contribution in [2.45, 2.75) is 25.8 Å². The summed E-state index contributed by atoms with van der Waals surface area (Å²) < 4.78 is 2.96. The lowest BCUT2D eigenvalue weighted by atomic mass is 10.0. The first-order chi connectivity index (χ1) is 13.1. The lowest BCUT2D eigenvalue weighted by Gasteiger charge is -2.24. The molecular formula is C21H21BrN4O. The number of fused-ring (bicyclic) bond motifs is 1. The average Bonchev–Trinajstić information content (AvgIpc) is 3.09. The van der Waals surface area contributed by atoms with Gasteiger partial charge in [0.1, 0.15) is 6.04 Å². The molecule has 138 valence electrons. The van der Waals surface area contributed by atoms with Crippen LogP contribution in [0.1, 0.15) is 35.0 Å². The van der Waals surface area contributed by atoms with Crippen molar-refractivity contribution < 1.29 is 5.11 Å². The molecule has 0 saturated carbocycles. The number of allylic oxidation sites excluding steroid dienone is 1. The number of halogens is 1. The van der Waals surface area contributed by atoms with Crippen molar-refractivity contribution in [3.05, 3.63) is 81.6 Å². The third-order valence-electron chi connectivity index (χ3n) is 4.62. The fraction of sp³-hybridized carbons (Fsp3) is 0.238. The maximum atomic E-state index is 9.11. The van der Waals surface area contributed by atoms with E-state index < -0.39 is 0 Å². The van der Waals surface area contributed by atoms with Crippen molar-refractivity contribution in [2.24, 2.45) is 0 Å². The van der Waals surface area contributed by atoms with Crippen LogP contribution in [0.4, 0.5) is 5.95 Å². The van der Waals surface area contributed by atoms with Crippen LogP contribution >= 0.6 is 15.9 Å². The molecule has 0 aliphatic carbocycles. The zero-order valence-electron chi connectivity index (χ0n) is 15.1. The predicted octanol–water partition coefficient (Wildman–Crippen LogP) is 4.33. The minimum atomic E-state index is -0.0505. The summed E-state index contributed by atoms with van der Waals surface area (Å²) in [4.78, 5) is 4.66. The van der Waals surface area contributed by atoms with E-state index in [1.807, 2.05) is 16.8 Å². The van der Waals surface area contributed by atoms with Gasteiger partial charge < -0.3 is 10.4 Å². The Bertz CT molecular complexity index is 978. The number of rotatable bonds is 5. The lowest BCUT2D eigenvalue weighted by molar-refractivity contribution is 0.287. The van der Waals surface area contributed by atoms with E-state index in [0.29, 0.717) is 12.8 Å². The van der Waals surface area contributed by atoms with Crippen molar-refractivity contribution in [3.8, 4) is 0 Å². The molecule has 3 aromatic rings. The largest absolute Gasteiger partial charge is 0.396 e. The van der Waals surface area contributed by atoms with Gasteiger partial charge in [0.05, 0.1) is 0 Å². The second-order valence-electron chi connectivity index (χ2n) is 6.69. The molecule has 1 aliphatic heterocycles. The van der Waals surface area contributed by atoms with Crippen LogP contribution in [0.15, 0.2) is 59.1 Å². The van der Waals surface area contributed by atoms with Crippen molar-refractivity contribution in [1.29, 1.82) is 0 Å². The molecule has 1 atom stereocenters. The summed E-state index contributed by atoms with van der Waals surface area (Å²) >= 11 is 3.57. The van der Waals surface area contributed by atoms with Crippen LogP contribution < -0.4 is 5.32 Å². The van der Waals surface area contributed by atoms with Crippen LogP contribution in [-0.4, -0.2) is 26.5 Å². The van der Waals surface area contributed by atoms with Gasteiger partial charge in [-0.3, -0.25) is 0 Å². The van der Waals surface area contributed by atoms with Crippen LogP contribution in [0.25, 0.3) is 5.70 Å². The Balaban J connectivity index is 1.77. The number of hydrogen-bond donors (Lipinski definition) is 2. The molecule has 1 aromatic heterocycles. The summed E-state index contributed by atoms with van der Waals surface area (Å²) in [6, 6.07) is 16.7. The molecule has 2 N–H and O–H groups in total. The van der Waals surface area contributed by atoms with E-state index in [1.165, 1.54) is 5.56 Å². The quantitative estimate of drug-likeness (QED) is 0.639. The highest BCUT2D eigenvalue weighted by molar-refractivity contribution is 9.10. The number of anilines is 1. The fourth-order valence-electron chi connectivity index (χ4n) is 3.21. The first-order valence-electron chi connectivity index (χ1n) is 9.01. The molecule has 0 amide bonds. The molecule has 0 spiro atoms. The maximum Gasteiger partial charge on any atom is 0.226 e. The van der Waals surface area contributed by atoms with Gasteiger partial charge in [-0.15, -0.1) is 0 Å². The zero-order chi connectivity index (χ0) is 18.8. The van der Waals surface area contributed by atoms with E-state index in [4.69, 9.17) is 10.2 Å². The maximum absolute atomic E-state index is 9.11. The van der Waals surface area contributed by atoms with E-state index >= 15 is 0 Å². The van der Waals surface area contributed by atoms with Gasteiger partial charge in [-0.25, -0.2) is 4.68 Å². The van der Waals surface area contributed by atoms with E-state index in [0.717, 1.165) is 33.1 Å². The van der Waals surface area contributed by atoms with Gasteiger partial charge in [0.15, 0.2) is 5.82 Å². The first-order valence-corrected chi connectivity index (χ1v) is 9.81. The number of nitrogens with one attached hydrogen (secondary N) is 1. The topological polar surface area (TPSA) is 63.0 Å². The molecule has 0 bridgehead atoms. The second kappa shape index (κ2) is 7.66. The van der Waals surface area contributed by atoms with Crippen LogP contribution in [0, 0.1) is 6.92 Å². The minimum Gasteiger partial charge on any atom is -0.396 e. The number of aliphatic hydroxyl groups excluding tert-OH is 1. The van der Waals surface area contributed by atoms with Gasteiger partial charge in [0, 0.05) is 23.2 Å². The number of benzene rings is 2. The summed E-state index contributed by atoms with van der Waals surface area (Å²) in [6.07, 6.45) is 3.50.